The molecule has 1 aliphatic rings. The van der Waals surface area contributed by atoms with E-state index in [-0.39, 0.29) is 22.3 Å². The van der Waals surface area contributed by atoms with Crippen molar-refractivity contribution in [2.75, 3.05) is 6.54 Å². The van der Waals surface area contributed by atoms with E-state index in [0.29, 0.717) is 6.54 Å². The molecule has 166 valence electrons. The summed E-state index contributed by atoms with van der Waals surface area (Å²) in [4.78, 5) is 15.3. The molecular weight excluding hydrogens is 418 g/mol. The van der Waals surface area contributed by atoms with Crippen LogP contribution >= 0.6 is 11.8 Å². The highest BCUT2D eigenvalue weighted by molar-refractivity contribution is 8.01. The molecule has 0 bridgehead atoms. The summed E-state index contributed by atoms with van der Waals surface area (Å²) < 4.78 is 6.04. The van der Waals surface area contributed by atoms with Crippen LogP contribution in [-0.4, -0.2) is 27.7 Å². The first-order chi connectivity index (χ1) is 15.6. The Hall–Kier alpha value is -2.92. The number of phenolic OH excluding ortho intramolecular Hbond substituents is 1. The van der Waals surface area contributed by atoms with E-state index in [0.717, 1.165) is 48.3 Å². The van der Waals surface area contributed by atoms with Crippen molar-refractivity contribution in [1.82, 2.24) is 4.90 Å². The van der Waals surface area contributed by atoms with Crippen molar-refractivity contribution in [1.29, 1.82) is 0 Å². The monoisotopic (exact) mass is 447 g/mol. The van der Waals surface area contributed by atoms with Crippen LogP contribution in [0.25, 0.3) is 0 Å². The van der Waals surface area contributed by atoms with Crippen LogP contribution in [0.2, 0.25) is 0 Å². The van der Waals surface area contributed by atoms with Crippen LogP contribution in [0, 0.1) is 0 Å². The number of para-hydroxylation sites is 1. The molecule has 1 amide bonds. The summed E-state index contributed by atoms with van der Waals surface area (Å²) >= 11 is 1.75. The summed E-state index contributed by atoms with van der Waals surface area (Å²) in [5, 5.41) is 9.51. The maximum atomic E-state index is 13.3. The first kappa shape index (κ1) is 22.3. The van der Waals surface area contributed by atoms with Crippen LogP contribution in [0.3, 0.4) is 0 Å². The highest BCUT2D eigenvalue weighted by atomic mass is 32.2. The molecule has 0 aliphatic carbocycles. The normalized spacial score (nSPS) is 18.2. The molecule has 4 nitrogen and oxygen atoms in total. The molecule has 4 rings (SSSR count). The van der Waals surface area contributed by atoms with Crippen molar-refractivity contribution in [2.45, 2.75) is 43.2 Å². The Morgan fingerprint density at radius 3 is 2.47 bits per heavy atom. The molecule has 2 atom stereocenters. The van der Waals surface area contributed by atoms with E-state index < -0.39 is 0 Å². The number of amides is 1. The molecule has 0 radical (unpaired) electrons. The number of carbonyl (C=O) groups is 1. The van der Waals surface area contributed by atoms with Crippen molar-refractivity contribution in [3.05, 3.63) is 90.0 Å². The first-order valence-corrected chi connectivity index (χ1v) is 12.1. The summed E-state index contributed by atoms with van der Waals surface area (Å²) in [6.45, 7) is 2.81. The van der Waals surface area contributed by atoms with Crippen LogP contribution in [0.1, 0.15) is 42.7 Å². The van der Waals surface area contributed by atoms with Crippen LogP contribution in [0.5, 0.6) is 17.2 Å². The predicted molar refractivity (Wildman–Crippen MR) is 130 cm³/mol. The molecule has 1 saturated heterocycles. The molecule has 1 aliphatic heterocycles. The quantitative estimate of drug-likeness (QED) is 0.403. The number of unbranched alkanes of at least 4 members (excludes halogenated alkanes) is 1. The molecule has 3 aromatic carbocycles. The fourth-order valence-corrected chi connectivity index (χ4v) is 5.45. The average Bonchev–Trinajstić information content (AvgIpc) is 3.13. The third-order valence-electron chi connectivity index (χ3n) is 5.65. The lowest BCUT2D eigenvalue weighted by Crippen LogP contribution is -2.33. The van der Waals surface area contributed by atoms with Gasteiger partial charge in [-0.2, -0.15) is 0 Å². The molecule has 2 unspecified atom stereocenters. The van der Waals surface area contributed by atoms with Crippen molar-refractivity contribution < 1.29 is 14.6 Å². The Morgan fingerprint density at radius 2 is 1.72 bits per heavy atom. The van der Waals surface area contributed by atoms with Gasteiger partial charge in [-0.15, -0.1) is 11.8 Å². The number of hydrogen-bond donors (Lipinski definition) is 1. The zero-order valence-corrected chi connectivity index (χ0v) is 19.1. The van der Waals surface area contributed by atoms with Crippen LogP contribution in [-0.2, 0) is 11.2 Å². The molecule has 1 N–H and O–H groups in total. The molecule has 5 heteroatoms. The molecular formula is C27H29NO3S. The number of ether oxygens (including phenoxy) is 1. The second kappa shape index (κ2) is 10.6. The van der Waals surface area contributed by atoms with E-state index in [1.807, 2.05) is 65.6 Å². The summed E-state index contributed by atoms with van der Waals surface area (Å²) in [5.41, 5.74) is 2.19. The number of rotatable bonds is 9. The van der Waals surface area contributed by atoms with E-state index in [9.17, 15) is 9.90 Å². The Labute approximate surface area is 194 Å². The second-order valence-corrected chi connectivity index (χ2v) is 9.34. The third-order valence-corrected chi connectivity index (χ3v) is 7.20. The standard InChI is InChI=1S/C27H29NO3S/c1-2-3-12-25-26(30)28(18-17-20-13-15-22(29)16-14-20)27(32-25)21-8-7-11-24(19-21)31-23-9-5-4-6-10-23/h4-11,13-16,19,25,27,29H,2-3,12,17-18H2,1H3. The summed E-state index contributed by atoms with van der Waals surface area (Å²) in [7, 11) is 0. The van der Waals surface area contributed by atoms with Crippen LogP contribution in [0.15, 0.2) is 78.9 Å². The van der Waals surface area contributed by atoms with E-state index >= 15 is 0 Å². The summed E-state index contributed by atoms with van der Waals surface area (Å²) in [6, 6.07) is 25.0. The van der Waals surface area contributed by atoms with Crippen molar-refractivity contribution in [3.8, 4) is 17.2 Å². The van der Waals surface area contributed by atoms with Gasteiger partial charge in [-0.25, -0.2) is 0 Å². The van der Waals surface area contributed by atoms with E-state index in [1.54, 1.807) is 23.9 Å². The van der Waals surface area contributed by atoms with Crippen LogP contribution in [0.4, 0.5) is 0 Å². The Balaban J connectivity index is 1.53. The van der Waals surface area contributed by atoms with Crippen LogP contribution < -0.4 is 4.74 Å². The predicted octanol–water partition coefficient (Wildman–Crippen LogP) is 6.56. The smallest absolute Gasteiger partial charge is 0.236 e. The SMILES string of the molecule is CCCCC1SC(c2cccc(Oc3ccccc3)c2)N(CCc2ccc(O)cc2)C1=O. The minimum atomic E-state index is -0.0270. The van der Waals surface area contributed by atoms with Gasteiger partial charge in [-0.1, -0.05) is 62.2 Å². The summed E-state index contributed by atoms with van der Waals surface area (Å²) in [6.07, 6.45) is 3.80. The van der Waals surface area contributed by atoms with Gasteiger partial charge < -0.3 is 14.7 Å². The molecule has 1 heterocycles. The van der Waals surface area contributed by atoms with E-state index in [4.69, 9.17) is 4.74 Å². The number of hydrogen-bond acceptors (Lipinski definition) is 4. The van der Waals surface area contributed by atoms with Gasteiger partial charge in [0.15, 0.2) is 0 Å². The van der Waals surface area contributed by atoms with Gasteiger partial charge >= 0.3 is 0 Å². The Kier molecular flexibility index (Phi) is 7.38. The second-order valence-electron chi connectivity index (χ2n) is 8.05. The highest BCUT2D eigenvalue weighted by Gasteiger charge is 2.40. The number of aromatic hydroxyl groups is 1. The molecule has 0 aromatic heterocycles. The number of carbonyl (C=O) groups excluding carboxylic acids is 1. The Bertz CT molecular complexity index is 1020. The van der Waals surface area contributed by atoms with Gasteiger partial charge in [0.1, 0.15) is 22.6 Å². The van der Waals surface area contributed by atoms with E-state index in [1.165, 1.54) is 0 Å². The Morgan fingerprint density at radius 1 is 0.969 bits per heavy atom. The molecule has 32 heavy (non-hydrogen) atoms. The van der Waals surface area contributed by atoms with Gasteiger partial charge in [0.2, 0.25) is 5.91 Å². The largest absolute Gasteiger partial charge is 0.508 e. The number of phenols is 1. The maximum absolute atomic E-state index is 13.3. The van der Waals surface area contributed by atoms with Crippen molar-refractivity contribution >= 4 is 17.7 Å². The lowest BCUT2D eigenvalue weighted by atomic mass is 10.1. The lowest BCUT2D eigenvalue weighted by molar-refractivity contribution is -0.130. The van der Waals surface area contributed by atoms with Crippen molar-refractivity contribution in [2.24, 2.45) is 0 Å². The van der Waals surface area contributed by atoms with Gasteiger partial charge in [0.25, 0.3) is 0 Å². The van der Waals surface area contributed by atoms with E-state index in [2.05, 4.69) is 13.0 Å². The number of nitrogens with zero attached hydrogens (tertiary/aromatic N) is 1. The fourth-order valence-electron chi connectivity index (χ4n) is 3.92. The van der Waals surface area contributed by atoms with Crippen molar-refractivity contribution in [3.63, 3.8) is 0 Å². The minimum absolute atomic E-state index is 0.00142. The van der Waals surface area contributed by atoms with Gasteiger partial charge in [-0.3, -0.25) is 4.79 Å². The number of benzene rings is 3. The summed E-state index contributed by atoms with van der Waals surface area (Å²) in [5.74, 6) is 2.05. The zero-order chi connectivity index (χ0) is 22.3. The number of thioether (sulfide) groups is 1. The molecule has 3 aromatic rings. The maximum Gasteiger partial charge on any atom is 0.236 e. The molecule has 0 spiro atoms. The first-order valence-electron chi connectivity index (χ1n) is 11.2. The highest BCUT2D eigenvalue weighted by Crippen LogP contribution is 2.45. The third kappa shape index (κ3) is 5.46. The average molecular weight is 448 g/mol. The van der Waals surface area contributed by atoms with Gasteiger partial charge in [0.05, 0.1) is 5.25 Å². The molecule has 0 saturated carbocycles. The van der Waals surface area contributed by atoms with Gasteiger partial charge in [0, 0.05) is 6.54 Å². The molecule has 1 fully saturated rings. The zero-order valence-electron chi connectivity index (χ0n) is 18.3. The minimum Gasteiger partial charge on any atom is -0.508 e. The lowest BCUT2D eigenvalue weighted by Gasteiger charge is -2.24. The fraction of sp³-hybridized carbons (Fsp3) is 0.296. The van der Waals surface area contributed by atoms with Gasteiger partial charge in [-0.05, 0) is 60.4 Å². The topological polar surface area (TPSA) is 49.8 Å².